The monoisotopic (exact) mass is 405 g/mol. The second-order valence-electron chi connectivity index (χ2n) is 6.48. The van der Waals surface area contributed by atoms with Crippen LogP contribution in [0.5, 0.6) is 5.75 Å². The van der Waals surface area contributed by atoms with E-state index in [9.17, 15) is 4.79 Å². The fraction of sp³-hybridized carbons (Fsp3) is 0.190. The van der Waals surface area contributed by atoms with Crippen molar-refractivity contribution in [1.82, 2.24) is 25.4 Å². The molecule has 3 aromatic heterocycles. The maximum atomic E-state index is 12.4. The van der Waals surface area contributed by atoms with Crippen molar-refractivity contribution in [2.24, 2.45) is 0 Å². The minimum absolute atomic E-state index is 0.247. The van der Waals surface area contributed by atoms with Gasteiger partial charge in [0.25, 0.3) is 5.91 Å². The summed E-state index contributed by atoms with van der Waals surface area (Å²) in [4.78, 5) is 25.1. The number of aromatic nitrogens is 4. The molecule has 0 spiro atoms. The van der Waals surface area contributed by atoms with Gasteiger partial charge in [0.05, 0.1) is 18.4 Å². The lowest BCUT2D eigenvalue weighted by molar-refractivity contribution is 0.0953. The minimum Gasteiger partial charge on any atom is -0.497 e. The second kappa shape index (κ2) is 8.56. The van der Waals surface area contributed by atoms with Crippen molar-refractivity contribution in [3.63, 3.8) is 0 Å². The highest BCUT2D eigenvalue weighted by molar-refractivity contribution is 5.94. The van der Waals surface area contributed by atoms with Gasteiger partial charge in [0.15, 0.2) is 0 Å². The summed E-state index contributed by atoms with van der Waals surface area (Å²) in [5, 5.41) is 6.70. The maximum absolute atomic E-state index is 12.4. The van der Waals surface area contributed by atoms with E-state index in [1.165, 1.54) is 6.20 Å². The van der Waals surface area contributed by atoms with Crippen molar-refractivity contribution in [3.05, 3.63) is 66.1 Å². The molecule has 30 heavy (non-hydrogen) atoms. The molecule has 0 aliphatic carbocycles. The van der Waals surface area contributed by atoms with E-state index in [4.69, 9.17) is 13.7 Å². The molecule has 0 bridgehead atoms. The van der Waals surface area contributed by atoms with Crippen LogP contribution in [0.25, 0.3) is 22.8 Å². The molecule has 0 atom stereocenters. The quantitative estimate of drug-likeness (QED) is 0.499. The van der Waals surface area contributed by atoms with Crippen LogP contribution in [0, 0.1) is 6.92 Å². The predicted octanol–water partition coefficient (Wildman–Crippen LogP) is 3.08. The minimum atomic E-state index is -0.247. The third kappa shape index (κ3) is 4.35. The molecule has 0 saturated carbocycles. The van der Waals surface area contributed by atoms with Crippen LogP contribution in [0.15, 0.2) is 57.9 Å². The van der Waals surface area contributed by atoms with Gasteiger partial charge in [-0.25, -0.2) is 4.98 Å². The van der Waals surface area contributed by atoms with Crippen LogP contribution in [0.2, 0.25) is 0 Å². The van der Waals surface area contributed by atoms with Crippen LogP contribution in [-0.4, -0.2) is 39.7 Å². The van der Waals surface area contributed by atoms with Crippen molar-refractivity contribution in [2.75, 3.05) is 13.7 Å². The number of nitrogens with zero attached hydrogens (tertiary/aromatic N) is 4. The number of hydrogen-bond acceptors (Lipinski definition) is 8. The molecule has 9 nitrogen and oxygen atoms in total. The smallest absolute Gasteiger partial charge is 0.252 e. The molecule has 1 amide bonds. The largest absolute Gasteiger partial charge is 0.497 e. The van der Waals surface area contributed by atoms with Gasteiger partial charge in [-0.2, -0.15) is 4.98 Å². The molecular formula is C21H19N5O4. The van der Waals surface area contributed by atoms with Gasteiger partial charge in [0, 0.05) is 43.4 Å². The zero-order valence-electron chi connectivity index (χ0n) is 16.5. The fourth-order valence-corrected chi connectivity index (χ4v) is 2.80. The molecule has 0 aliphatic heterocycles. The molecule has 4 aromatic rings. The van der Waals surface area contributed by atoms with Gasteiger partial charge in [-0.15, -0.1) is 0 Å². The Bertz CT molecular complexity index is 1150. The normalized spacial score (nSPS) is 10.7. The van der Waals surface area contributed by atoms with E-state index >= 15 is 0 Å². The number of aryl methyl sites for hydroxylation is 1. The van der Waals surface area contributed by atoms with Crippen molar-refractivity contribution in [3.8, 4) is 28.6 Å². The van der Waals surface area contributed by atoms with Crippen molar-refractivity contribution < 1.29 is 18.5 Å². The first-order valence-electron chi connectivity index (χ1n) is 9.25. The summed E-state index contributed by atoms with van der Waals surface area (Å²) in [5.41, 5.74) is 2.62. The zero-order chi connectivity index (χ0) is 20.9. The number of carbonyl (C=O) groups is 1. The fourth-order valence-electron chi connectivity index (χ4n) is 2.80. The number of carbonyl (C=O) groups excluding carboxylic acids is 1. The van der Waals surface area contributed by atoms with Crippen LogP contribution in [0.1, 0.15) is 21.9 Å². The first-order valence-corrected chi connectivity index (χ1v) is 9.25. The standard InChI is InChI=1S/C21H19N5O4/c1-13-24-19(26-30-13)15-9-16(11-22-10-15)20(27)23-8-7-17-12-29-21(25-17)14-3-5-18(28-2)6-4-14/h3-6,9-12H,7-8H2,1-2H3,(H,23,27). The van der Waals surface area contributed by atoms with E-state index in [0.717, 1.165) is 17.0 Å². The number of oxazole rings is 1. The van der Waals surface area contributed by atoms with Crippen molar-refractivity contribution >= 4 is 5.91 Å². The summed E-state index contributed by atoms with van der Waals surface area (Å²) in [6.45, 7) is 2.10. The average Bonchev–Trinajstić information content (AvgIpc) is 3.43. The van der Waals surface area contributed by atoms with Gasteiger partial charge < -0.3 is 19.0 Å². The van der Waals surface area contributed by atoms with Crippen LogP contribution in [0.4, 0.5) is 0 Å². The molecule has 0 radical (unpaired) electrons. The highest BCUT2D eigenvalue weighted by Crippen LogP contribution is 2.22. The first-order chi connectivity index (χ1) is 14.6. The van der Waals surface area contributed by atoms with Crippen LogP contribution in [-0.2, 0) is 6.42 Å². The number of nitrogens with one attached hydrogen (secondary N) is 1. The van der Waals surface area contributed by atoms with E-state index in [-0.39, 0.29) is 5.91 Å². The molecule has 3 heterocycles. The summed E-state index contributed by atoms with van der Waals surface area (Å²) < 4.78 is 15.7. The predicted molar refractivity (Wildman–Crippen MR) is 107 cm³/mol. The van der Waals surface area contributed by atoms with Crippen LogP contribution in [0.3, 0.4) is 0 Å². The Hall–Kier alpha value is -4.01. The number of amides is 1. The third-order valence-electron chi connectivity index (χ3n) is 4.34. The Balaban J connectivity index is 1.34. The van der Waals surface area contributed by atoms with E-state index in [2.05, 4.69) is 25.4 Å². The van der Waals surface area contributed by atoms with E-state index < -0.39 is 0 Å². The molecule has 0 saturated heterocycles. The molecule has 9 heteroatoms. The van der Waals surface area contributed by atoms with E-state index in [1.54, 1.807) is 32.6 Å². The maximum Gasteiger partial charge on any atom is 0.252 e. The number of pyridine rings is 1. The number of methoxy groups -OCH3 is 1. The van der Waals surface area contributed by atoms with Crippen molar-refractivity contribution in [2.45, 2.75) is 13.3 Å². The highest BCUT2D eigenvalue weighted by Gasteiger charge is 2.12. The average molecular weight is 405 g/mol. The number of ether oxygens (including phenoxy) is 1. The molecule has 152 valence electrons. The topological polar surface area (TPSA) is 116 Å². The Kier molecular flexibility index (Phi) is 5.51. The summed E-state index contributed by atoms with van der Waals surface area (Å²) >= 11 is 0. The number of benzene rings is 1. The van der Waals surface area contributed by atoms with Crippen LogP contribution >= 0.6 is 0 Å². The summed E-state index contributed by atoms with van der Waals surface area (Å²) in [6, 6.07) is 9.11. The number of rotatable bonds is 7. The molecule has 0 fully saturated rings. The third-order valence-corrected chi connectivity index (χ3v) is 4.34. The molecule has 1 N–H and O–H groups in total. The lowest BCUT2D eigenvalue weighted by Gasteiger charge is -2.04. The second-order valence-corrected chi connectivity index (χ2v) is 6.48. The molecule has 1 aromatic carbocycles. The van der Waals surface area contributed by atoms with Gasteiger partial charge >= 0.3 is 0 Å². The summed E-state index contributed by atoms with van der Waals surface area (Å²) in [6.07, 6.45) is 5.19. The van der Waals surface area contributed by atoms with Gasteiger partial charge in [0.1, 0.15) is 12.0 Å². The Morgan fingerprint density at radius 2 is 1.97 bits per heavy atom. The van der Waals surface area contributed by atoms with Gasteiger partial charge in [-0.3, -0.25) is 9.78 Å². The SMILES string of the molecule is COc1ccc(-c2nc(CCNC(=O)c3cncc(-c4noc(C)n4)c3)co2)cc1. The summed E-state index contributed by atoms with van der Waals surface area (Å²) in [5.74, 6) is 1.88. The van der Waals surface area contributed by atoms with Crippen LogP contribution < -0.4 is 10.1 Å². The molecule has 0 unspecified atom stereocenters. The van der Waals surface area contributed by atoms with Gasteiger partial charge in [-0.1, -0.05) is 5.16 Å². The Labute approximate surface area is 172 Å². The molecule has 0 aliphatic rings. The highest BCUT2D eigenvalue weighted by atomic mass is 16.5. The number of hydrogen-bond donors (Lipinski definition) is 1. The van der Waals surface area contributed by atoms with Gasteiger partial charge in [-0.05, 0) is 30.3 Å². The Morgan fingerprint density at radius 3 is 2.70 bits per heavy atom. The van der Waals surface area contributed by atoms with E-state index in [0.29, 0.717) is 41.7 Å². The summed E-state index contributed by atoms with van der Waals surface area (Å²) in [7, 11) is 1.62. The lowest BCUT2D eigenvalue weighted by atomic mass is 10.2. The molecular weight excluding hydrogens is 386 g/mol. The first kappa shape index (κ1) is 19.3. The van der Waals surface area contributed by atoms with Gasteiger partial charge in [0.2, 0.25) is 17.6 Å². The van der Waals surface area contributed by atoms with E-state index in [1.807, 2.05) is 24.3 Å². The molecule has 4 rings (SSSR count). The lowest BCUT2D eigenvalue weighted by Crippen LogP contribution is -2.25. The Morgan fingerprint density at radius 1 is 1.13 bits per heavy atom. The zero-order valence-corrected chi connectivity index (χ0v) is 16.5. The van der Waals surface area contributed by atoms with Crippen molar-refractivity contribution in [1.29, 1.82) is 0 Å².